The number of thiazole rings is 1. The SMILES string of the molecule is C[C@H]1c2nn(C)c(-c3cc(C(F)(F)F)n(C)n3)c2CCN1C(=O)c1ccnc2ncsc12. The van der Waals surface area contributed by atoms with Gasteiger partial charge in [-0.3, -0.25) is 14.2 Å². The smallest absolute Gasteiger partial charge is 0.330 e. The molecule has 4 aromatic heterocycles. The van der Waals surface area contributed by atoms with E-state index in [2.05, 4.69) is 20.2 Å². The summed E-state index contributed by atoms with van der Waals surface area (Å²) in [6, 6.07) is 2.37. The lowest BCUT2D eigenvalue weighted by atomic mass is 9.96. The third-order valence-corrected chi connectivity index (χ3v) is 6.63. The Labute approximate surface area is 184 Å². The van der Waals surface area contributed by atoms with Gasteiger partial charge in [0.2, 0.25) is 0 Å². The van der Waals surface area contributed by atoms with E-state index in [1.165, 1.54) is 18.4 Å². The number of hydrogen-bond acceptors (Lipinski definition) is 6. The van der Waals surface area contributed by atoms with E-state index in [0.29, 0.717) is 35.6 Å². The van der Waals surface area contributed by atoms with Crippen LogP contribution in [-0.4, -0.2) is 46.9 Å². The Balaban J connectivity index is 1.52. The van der Waals surface area contributed by atoms with Gasteiger partial charge in [-0.2, -0.15) is 23.4 Å². The van der Waals surface area contributed by atoms with E-state index in [1.807, 2.05) is 6.92 Å². The number of nitrogens with zero attached hydrogens (tertiary/aromatic N) is 7. The molecule has 1 aliphatic rings. The number of aromatic nitrogens is 6. The van der Waals surface area contributed by atoms with Crippen molar-refractivity contribution in [2.45, 2.75) is 25.6 Å². The van der Waals surface area contributed by atoms with Crippen molar-refractivity contribution in [3.63, 3.8) is 0 Å². The Morgan fingerprint density at radius 2 is 1.97 bits per heavy atom. The summed E-state index contributed by atoms with van der Waals surface area (Å²) in [6.07, 6.45) is -2.47. The predicted molar refractivity (Wildman–Crippen MR) is 111 cm³/mol. The lowest BCUT2D eigenvalue weighted by Crippen LogP contribution is -2.39. The van der Waals surface area contributed by atoms with Crippen LogP contribution in [0.1, 0.15) is 40.3 Å². The van der Waals surface area contributed by atoms with E-state index in [-0.39, 0.29) is 17.6 Å². The number of alkyl halides is 3. The Bertz CT molecular complexity index is 1350. The molecule has 5 rings (SSSR count). The largest absolute Gasteiger partial charge is 0.433 e. The zero-order chi connectivity index (χ0) is 22.8. The first kappa shape index (κ1) is 20.6. The maximum absolute atomic E-state index is 13.4. The zero-order valence-corrected chi connectivity index (χ0v) is 18.2. The van der Waals surface area contributed by atoms with Gasteiger partial charge in [-0.25, -0.2) is 9.97 Å². The monoisotopic (exact) mass is 461 g/mol. The highest BCUT2D eigenvalue weighted by atomic mass is 32.1. The van der Waals surface area contributed by atoms with E-state index >= 15 is 0 Å². The van der Waals surface area contributed by atoms with E-state index in [0.717, 1.165) is 21.0 Å². The Kier molecular flexibility index (Phi) is 4.59. The number of fused-ring (bicyclic) bond motifs is 2. The average molecular weight is 461 g/mol. The Hall–Kier alpha value is -3.28. The van der Waals surface area contributed by atoms with Crippen molar-refractivity contribution in [1.29, 1.82) is 0 Å². The Morgan fingerprint density at radius 1 is 1.19 bits per heavy atom. The highest BCUT2D eigenvalue weighted by Gasteiger charge is 2.38. The molecule has 0 radical (unpaired) electrons. The summed E-state index contributed by atoms with van der Waals surface area (Å²) in [5.74, 6) is -0.149. The molecule has 32 heavy (non-hydrogen) atoms. The van der Waals surface area contributed by atoms with Gasteiger partial charge in [-0.05, 0) is 25.5 Å². The molecule has 0 N–H and O–H groups in total. The third kappa shape index (κ3) is 3.08. The lowest BCUT2D eigenvalue weighted by molar-refractivity contribution is -0.143. The number of hydrogen-bond donors (Lipinski definition) is 0. The van der Waals surface area contributed by atoms with Gasteiger partial charge in [0.1, 0.15) is 11.4 Å². The molecular formula is C20H18F3N7OS. The molecule has 0 fully saturated rings. The predicted octanol–water partition coefficient (Wildman–Crippen LogP) is 3.60. The zero-order valence-electron chi connectivity index (χ0n) is 17.4. The molecule has 0 spiro atoms. The molecule has 4 aromatic rings. The molecular weight excluding hydrogens is 443 g/mol. The van der Waals surface area contributed by atoms with Crippen LogP contribution in [0.4, 0.5) is 13.2 Å². The van der Waals surface area contributed by atoms with Crippen LogP contribution in [0.25, 0.3) is 21.7 Å². The van der Waals surface area contributed by atoms with Crippen LogP contribution < -0.4 is 0 Å². The molecule has 0 aliphatic carbocycles. The number of carbonyl (C=O) groups is 1. The lowest BCUT2D eigenvalue weighted by Gasteiger charge is -2.33. The molecule has 12 heteroatoms. The van der Waals surface area contributed by atoms with Gasteiger partial charge in [0.15, 0.2) is 5.65 Å². The maximum atomic E-state index is 13.4. The van der Waals surface area contributed by atoms with E-state index in [1.54, 1.807) is 34.4 Å². The fourth-order valence-corrected chi connectivity index (χ4v) is 5.04. The summed E-state index contributed by atoms with van der Waals surface area (Å²) >= 11 is 1.36. The summed E-state index contributed by atoms with van der Waals surface area (Å²) in [4.78, 5) is 23.4. The first-order valence-electron chi connectivity index (χ1n) is 9.83. The summed E-state index contributed by atoms with van der Waals surface area (Å²) in [6.45, 7) is 2.28. The summed E-state index contributed by atoms with van der Waals surface area (Å²) in [5.41, 5.74) is 4.12. The van der Waals surface area contributed by atoms with Crippen molar-refractivity contribution >= 4 is 27.6 Å². The molecule has 5 heterocycles. The van der Waals surface area contributed by atoms with E-state index in [4.69, 9.17) is 0 Å². The molecule has 0 saturated carbocycles. The van der Waals surface area contributed by atoms with E-state index in [9.17, 15) is 18.0 Å². The minimum atomic E-state index is -4.50. The van der Waals surface area contributed by atoms with Crippen LogP contribution in [0.3, 0.4) is 0 Å². The number of pyridine rings is 1. The molecule has 1 amide bonds. The fraction of sp³-hybridized carbons (Fsp3) is 0.350. The van der Waals surface area contributed by atoms with Crippen molar-refractivity contribution in [3.8, 4) is 11.4 Å². The van der Waals surface area contributed by atoms with Crippen molar-refractivity contribution in [3.05, 3.63) is 46.4 Å². The van der Waals surface area contributed by atoms with Gasteiger partial charge < -0.3 is 4.90 Å². The molecule has 0 bridgehead atoms. The second-order valence-electron chi connectivity index (χ2n) is 7.66. The highest BCUT2D eigenvalue weighted by molar-refractivity contribution is 7.17. The number of rotatable bonds is 2. The van der Waals surface area contributed by atoms with Gasteiger partial charge in [-0.1, -0.05) is 0 Å². The maximum Gasteiger partial charge on any atom is 0.433 e. The van der Waals surface area contributed by atoms with Gasteiger partial charge in [-0.15, -0.1) is 11.3 Å². The summed E-state index contributed by atoms with van der Waals surface area (Å²) in [5, 5.41) is 8.64. The van der Waals surface area contributed by atoms with Gasteiger partial charge in [0, 0.05) is 32.4 Å². The molecule has 0 unspecified atom stereocenters. The average Bonchev–Trinajstić information content (AvgIpc) is 3.43. The van der Waals surface area contributed by atoms with Gasteiger partial charge in [0.25, 0.3) is 5.91 Å². The van der Waals surface area contributed by atoms with Crippen LogP contribution in [-0.2, 0) is 26.7 Å². The fourth-order valence-electron chi connectivity index (χ4n) is 4.29. The minimum Gasteiger partial charge on any atom is -0.330 e. The van der Waals surface area contributed by atoms with Crippen molar-refractivity contribution in [1.82, 2.24) is 34.4 Å². The molecule has 8 nitrogen and oxygen atoms in total. The topological polar surface area (TPSA) is 81.7 Å². The van der Waals surface area contributed by atoms with E-state index < -0.39 is 11.9 Å². The van der Waals surface area contributed by atoms with Crippen LogP contribution in [0.2, 0.25) is 0 Å². The minimum absolute atomic E-state index is 0.149. The first-order chi connectivity index (χ1) is 15.2. The van der Waals surface area contributed by atoms with Crippen molar-refractivity contribution in [2.75, 3.05) is 6.54 Å². The highest BCUT2D eigenvalue weighted by Crippen LogP contribution is 2.38. The van der Waals surface area contributed by atoms with Crippen LogP contribution in [0, 0.1) is 0 Å². The molecule has 1 aliphatic heterocycles. The summed E-state index contributed by atoms with van der Waals surface area (Å²) < 4.78 is 42.9. The number of halogens is 3. The quantitative estimate of drug-likeness (QED) is 0.456. The van der Waals surface area contributed by atoms with Crippen LogP contribution >= 0.6 is 11.3 Å². The number of amides is 1. The number of carbonyl (C=O) groups excluding carboxylic acids is 1. The summed E-state index contributed by atoms with van der Waals surface area (Å²) in [7, 11) is 2.95. The molecule has 0 saturated heterocycles. The first-order valence-corrected chi connectivity index (χ1v) is 10.7. The van der Waals surface area contributed by atoms with Crippen molar-refractivity contribution in [2.24, 2.45) is 14.1 Å². The molecule has 166 valence electrons. The van der Waals surface area contributed by atoms with Gasteiger partial charge in [0.05, 0.1) is 33.2 Å². The molecule has 1 atom stereocenters. The van der Waals surface area contributed by atoms with Gasteiger partial charge >= 0.3 is 6.18 Å². The second kappa shape index (κ2) is 7.12. The normalized spacial score (nSPS) is 16.6. The van der Waals surface area contributed by atoms with Crippen molar-refractivity contribution < 1.29 is 18.0 Å². The third-order valence-electron chi connectivity index (χ3n) is 5.78. The Morgan fingerprint density at radius 3 is 2.69 bits per heavy atom. The molecule has 0 aromatic carbocycles. The second-order valence-corrected chi connectivity index (χ2v) is 8.52. The standard InChI is InChI=1S/C20H18F3N7OS/c1-10-15-11(16(29(3)27-15)13-8-14(20(21,22)23)28(2)26-13)5-7-30(10)19(31)12-4-6-24-18-17(12)32-9-25-18/h4,6,8-10H,5,7H2,1-3H3/t10-/m0/s1. The van der Waals surface area contributed by atoms with Crippen LogP contribution in [0.15, 0.2) is 23.8 Å². The van der Waals surface area contributed by atoms with Crippen LogP contribution in [0.5, 0.6) is 0 Å². The number of aryl methyl sites for hydroxylation is 2.